The fourth-order valence-corrected chi connectivity index (χ4v) is 9.11. The van der Waals surface area contributed by atoms with E-state index in [-0.39, 0.29) is 22.1 Å². The predicted octanol–water partition coefficient (Wildman–Crippen LogP) is 13.0. The van der Waals surface area contributed by atoms with E-state index in [1.165, 1.54) is 55.7 Å². The molecule has 5 aromatic carbocycles. The smallest absolute Gasteiger partial charge is 0.178 e. The van der Waals surface area contributed by atoms with Crippen LogP contribution >= 0.6 is 0 Å². The van der Waals surface area contributed by atoms with E-state index in [1.54, 1.807) is 12.1 Å². The standard InChI is InChI=1S/C49H47FO/c1-11-13-40-34(12-2)35-22-19-32(27-42(35)47(40,7)8)49(31-17-15-30(16-18-31)46(4,5)6)25-24-38-44-43(36-23-20-33(50)28-39(36)45(38)51-49)37-21-14-29(3)26-41(37)48(44,9)10/h11-28H,2H2,1,3-10H3/b13-11-. The Morgan fingerprint density at radius 1 is 0.765 bits per heavy atom. The van der Waals surface area contributed by atoms with E-state index in [9.17, 15) is 0 Å². The van der Waals surface area contributed by atoms with Gasteiger partial charge in [0.25, 0.3) is 0 Å². The second kappa shape index (κ2) is 11.0. The van der Waals surface area contributed by atoms with Gasteiger partial charge in [-0.25, -0.2) is 4.39 Å². The number of hydrogen-bond donors (Lipinski definition) is 0. The lowest BCUT2D eigenvalue weighted by Gasteiger charge is -2.39. The number of halogens is 1. The minimum Gasteiger partial charge on any atom is -0.472 e. The molecule has 8 rings (SSSR count). The van der Waals surface area contributed by atoms with Gasteiger partial charge in [0.15, 0.2) is 5.60 Å². The third-order valence-electron chi connectivity index (χ3n) is 11.8. The number of benzene rings is 5. The molecular weight excluding hydrogens is 624 g/mol. The van der Waals surface area contributed by atoms with Crippen molar-refractivity contribution in [3.05, 3.63) is 171 Å². The van der Waals surface area contributed by atoms with Gasteiger partial charge in [-0.05, 0) is 99.0 Å². The van der Waals surface area contributed by atoms with Crippen molar-refractivity contribution in [1.82, 2.24) is 0 Å². The summed E-state index contributed by atoms with van der Waals surface area (Å²) in [6.07, 6.45) is 10.8. The highest BCUT2D eigenvalue weighted by molar-refractivity contribution is 6.08. The van der Waals surface area contributed by atoms with E-state index in [4.69, 9.17) is 4.74 Å². The highest BCUT2D eigenvalue weighted by atomic mass is 19.1. The summed E-state index contributed by atoms with van der Waals surface area (Å²) in [5.41, 5.74) is 13.9. The molecule has 1 aliphatic heterocycles. The Kier molecular flexibility index (Phi) is 7.18. The molecule has 1 heterocycles. The molecule has 51 heavy (non-hydrogen) atoms. The minimum atomic E-state index is -0.966. The summed E-state index contributed by atoms with van der Waals surface area (Å²) in [4.78, 5) is 0. The van der Waals surface area contributed by atoms with Crippen LogP contribution in [0.25, 0.3) is 33.5 Å². The van der Waals surface area contributed by atoms with Crippen molar-refractivity contribution >= 4 is 22.4 Å². The summed E-state index contributed by atoms with van der Waals surface area (Å²) in [6.45, 7) is 24.3. The molecule has 5 aromatic rings. The van der Waals surface area contributed by atoms with Gasteiger partial charge in [-0.1, -0.05) is 146 Å². The largest absolute Gasteiger partial charge is 0.472 e. The molecule has 0 saturated carbocycles. The van der Waals surface area contributed by atoms with Crippen LogP contribution in [0, 0.1) is 12.7 Å². The van der Waals surface area contributed by atoms with Crippen LogP contribution in [0.4, 0.5) is 4.39 Å². The number of rotatable bonds is 4. The molecule has 1 unspecified atom stereocenters. The van der Waals surface area contributed by atoms with E-state index in [0.29, 0.717) is 0 Å². The molecule has 3 aliphatic rings. The summed E-state index contributed by atoms with van der Waals surface area (Å²) in [5.74, 6) is 0.450. The molecule has 2 aliphatic carbocycles. The van der Waals surface area contributed by atoms with Crippen LogP contribution in [0.2, 0.25) is 0 Å². The number of aryl methyl sites for hydroxylation is 1. The second-order valence-corrected chi connectivity index (χ2v) is 16.8. The lowest BCUT2D eigenvalue weighted by molar-refractivity contribution is 0.163. The Bertz CT molecular complexity index is 2400. The summed E-state index contributed by atoms with van der Waals surface area (Å²) in [5, 5.41) is 1.81. The zero-order valence-corrected chi connectivity index (χ0v) is 31.4. The molecule has 0 saturated heterocycles. The van der Waals surface area contributed by atoms with Crippen LogP contribution < -0.4 is 4.74 Å². The van der Waals surface area contributed by atoms with E-state index in [2.05, 4.69) is 154 Å². The average Bonchev–Trinajstić information content (AvgIpc) is 3.46. The predicted molar refractivity (Wildman–Crippen MR) is 213 cm³/mol. The quantitative estimate of drug-likeness (QED) is 0.185. The van der Waals surface area contributed by atoms with Gasteiger partial charge >= 0.3 is 0 Å². The Morgan fingerprint density at radius 2 is 1.45 bits per heavy atom. The number of fused-ring (bicyclic) bond motifs is 9. The molecule has 0 bridgehead atoms. The molecule has 256 valence electrons. The van der Waals surface area contributed by atoms with E-state index >= 15 is 4.39 Å². The molecule has 1 atom stereocenters. The van der Waals surface area contributed by atoms with Gasteiger partial charge in [0.2, 0.25) is 0 Å². The van der Waals surface area contributed by atoms with Crippen LogP contribution in [0.5, 0.6) is 5.75 Å². The zero-order chi connectivity index (χ0) is 36.2. The normalized spacial score (nSPS) is 19.6. The van der Waals surface area contributed by atoms with Crippen LogP contribution in [0.3, 0.4) is 0 Å². The first kappa shape index (κ1) is 33.2. The fourth-order valence-electron chi connectivity index (χ4n) is 9.11. The SMILES string of the molecule is C=CC1=C(/C=C\C)C(C)(C)c2cc(C3(c4ccc(C(C)(C)C)cc4)C=Cc4c5c(c6ccc(F)cc6c4O3)-c3ccc(C)cc3C5(C)C)ccc21. The molecule has 1 nitrogen and oxygen atoms in total. The molecule has 0 amide bonds. The molecule has 0 aromatic heterocycles. The molecule has 0 spiro atoms. The third kappa shape index (κ3) is 4.65. The van der Waals surface area contributed by atoms with E-state index < -0.39 is 5.60 Å². The fraction of sp³-hybridized carbons (Fsp3) is 0.265. The zero-order valence-electron chi connectivity index (χ0n) is 31.4. The summed E-state index contributed by atoms with van der Waals surface area (Å²) >= 11 is 0. The van der Waals surface area contributed by atoms with Crippen LogP contribution in [0.1, 0.15) is 105 Å². The van der Waals surface area contributed by atoms with Crippen molar-refractivity contribution < 1.29 is 9.13 Å². The highest BCUT2D eigenvalue weighted by Crippen LogP contribution is 2.59. The van der Waals surface area contributed by atoms with Crippen molar-refractivity contribution in [2.24, 2.45) is 0 Å². The first-order valence-electron chi connectivity index (χ1n) is 18.2. The Labute approximate surface area is 302 Å². The molecular formula is C49H47FO. The van der Waals surface area contributed by atoms with Crippen molar-refractivity contribution in [3.63, 3.8) is 0 Å². The molecule has 0 radical (unpaired) electrons. The second-order valence-electron chi connectivity index (χ2n) is 16.8. The first-order valence-corrected chi connectivity index (χ1v) is 18.2. The minimum absolute atomic E-state index is 0.00231. The lowest BCUT2D eigenvalue weighted by atomic mass is 9.75. The topological polar surface area (TPSA) is 9.23 Å². The highest BCUT2D eigenvalue weighted by Gasteiger charge is 2.45. The number of allylic oxidation sites excluding steroid dienone is 5. The summed E-state index contributed by atoms with van der Waals surface area (Å²) in [7, 11) is 0. The first-order chi connectivity index (χ1) is 24.1. The van der Waals surface area contributed by atoms with Gasteiger partial charge in [-0.2, -0.15) is 0 Å². The number of ether oxygens (including phenoxy) is 1. The van der Waals surface area contributed by atoms with Gasteiger partial charge in [0.05, 0.1) is 0 Å². The van der Waals surface area contributed by atoms with Gasteiger partial charge in [0.1, 0.15) is 11.6 Å². The van der Waals surface area contributed by atoms with Crippen LogP contribution in [-0.2, 0) is 21.8 Å². The maximum absolute atomic E-state index is 15.4. The van der Waals surface area contributed by atoms with Crippen molar-refractivity contribution in [2.75, 3.05) is 0 Å². The van der Waals surface area contributed by atoms with Crippen LogP contribution in [-0.4, -0.2) is 0 Å². The third-order valence-corrected chi connectivity index (χ3v) is 11.8. The maximum Gasteiger partial charge on any atom is 0.178 e. The lowest BCUT2D eigenvalue weighted by Crippen LogP contribution is -2.35. The van der Waals surface area contributed by atoms with Crippen LogP contribution in [0.15, 0.2) is 115 Å². The Balaban J connectivity index is 1.42. The number of hydrogen-bond acceptors (Lipinski definition) is 1. The summed E-state index contributed by atoms with van der Waals surface area (Å²) in [6, 6.07) is 27.6. The Morgan fingerprint density at radius 3 is 2.14 bits per heavy atom. The monoisotopic (exact) mass is 670 g/mol. The molecule has 2 heteroatoms. The Hall–Kier alpha value is -4.95. The average molecular weight is 671 g/mol. The maximum atomic E-state index is 15.4. The van der Waals surface area contributed by atoms with Gasteiger partial charge in [0, 0.05) is 32.9 Å². The van der Waals surface area contributed by atoms with Gasteiger partial charge in [-0.3, -0.25) is 0 Å². The van der Waals surface area contributed by atoms with Gasteiger partial charge < -0.3 is 4.74 Å². The molecule has 0 N–H and O–H groups in total. The van der Waals surface area contributed by atoms with Gasteiger partial charge in [-0.15, -0.1) is 0 Å². The van der Waals surface area contributed by atoms with Crippen molar-refractivity contribution in [3.8, 4) is 16.9 Å². The van der Waals surface area contributed by atoms with Crippen molar-refractivity contribution in [1.29, 1.82) is 0 Å². The summed E-state index contributed by atoms with van der Waals surface area (Å²) < 4.78 is 22.9. The molecule has 0 fully saturated rings. The van der Waals surface area contributed by atoms with Crippen molar-refractivity contribution in [2.45, 2.75) is 84.2 Å². The van der Waals surface area contributed by atoms with E-state index in [1.807, 2.05) is 12.1 Å². The van der Waals surface area contributed by atoms with E-state index in [0.717, 1.165) is 33.2 Å².